The average Bonchev–Trinajstić information content (AvgIpc) is 3.32. The largest absolute Gasteiger partial charge is 0.284 e. The molecule has 0 radical (unpaired) electrons. The number of hydrogen-bond donors (Lipinski definition) is 0. The first-order valence-corrected chi connectivity index (χ1v) is 10.2. The van der Waals surface area contributed by atoms with Crippen LogP contribution in [0.1, 0.15) is 23.8 Å². The van der Waals surface area contributed by atoms with Crippen LogP contribution >= 0.6 is 11.3 Å². The van der Waals surface area contributed by atoms with E-state index in [0.29, 0.717) is 12.6 Å². The molecule has 0 saturated carbocycles. The van der Waals surface area contributed by atoms with Crippen LogP contribution in [0, 0.1) is 10.1 Å². The van der Waals surface area contributed by atoms with Crippen LogP contribution in [-0.2, 0) is 6.67 Å². The van der Waals surface area contributed by atoms with E-state index in [-0.39, 0.29) is 10.6 Å². The van der Waals surface area contributed by atoms with Gasteiger partial charge in [0, 0.05) is 36.5 Å². The van der Waals surface area contributed by atoms with Gasteiger partial charge in [-0.1, -0.05) is 12.1 Å². The Hall–Kier alpha value is -2.84. The Morgan fingerprint density at radius 2 is 2.00 bits per heavy atom. The normalized spacial score (nSPS) is 16.1. The molecule has 0 aliphatic carbocycles. The molecule has 0 unspecified atom stereocenters. The molecule has 3 heterocycles. The van der Waals surface area contributed by atoms with E-state index < -0.39 is 0 Å². The van der Waals surface area contributed by atoms with Gasteiger partial charge >= 0.3 is 0 Å². The SMILES string of the molecule is O=[N+]([O-])c1ccc2cnn(CN3CCC(c4nc5ccccc5s4)CC3)c2c1. The first-order chi connectivity index (χ1) is 13.7. The third-order valence-corrected chi connectivity index (χ3v) is 6.62. The van der Waals surface area contributed by atoms with E-state index in [1.54, 1.807) is 29.7 Å². The van der Waals surface area contributed by atoms with Crippen molar-refractivity contribution in [2.45, 2.75) is 25.4 Å². The second kappa shape index (κ2) is 6.96. The summed E-state index contributed by atoms with van der Waals surface area (Å²) in [5.41, 5.74) is 2.00. The van der Waals surface area contributed by atoms with E-state index in [4.69, 9.17) is 4.98 Å². The number of likely N-dealkylation sites (tertiary alicyclic amines) is 1. The van der Waals surface area contributed by atoms with E-state index >= 15 is 0 Å². The molecule has 0 N–H and O–H groups in total. The molecule has 1 aliphatic heterocycles. The molecule has 0 atom stereocenters. The number of thiazole rings is 1. The summed E-state index contributed by atoms with van der Waals surface area (Å²) in [6.07, 6.45) is 3.91. The van der Waals surface area contributed by atoms with Crippen LogP contribution in [0.25, 0.3) is 21.1 Å². The van der Waals surface area contributed by atoms with Crippen LogP contribution in [0.5, 0.6) is 0 Å². The summed E-state index contributed by atoms with van der Waals surface area (Å²) in [6, 6.07) is 13.2. The van der Waals surface area contributed by atoms with Crippen molar-refractivity contribution in [3.63, 3.8) is 0 Å². The third-order valence-electron chi connectivity index (χ3n) is 5.42. The van der Waals surface area contributed by atoms with Crippen molar-refractivity contribution in [3.05, 3.63) is 63.8 Å². The van der Waals surface area contributed by atoms with Crippen molar-refractivity contribution in [2.24, 2.45) is 0 Å². The molecule has 1 fully saturated rings. The lowest BCUT2D eigenvalue weighted by Gasteiger charge is -2.30. The van der Waals surface area contributed by atoms with E-state index in [9.17, 15) is 10.1 Å². The first kappa shape index (κ1) is 17.3. The number of nitro benzene ring substituents is 1. The molecule has 1 aliphatic rings. The van der Waals surface area contributed by atoms with Gasteiger partial charge in [-0.05, 0) is 31.0 Å². The highest BCUT2D eigenvalue weighted by Gasteiger charge is 2.24. The first-order valence-electron chi connectivity index (χ1n) is 9.35. The standard InChI is InChI=1S/C20H19N5O2S/c26-25(27)16-6-5-15-12-21-24(18(15)11-16)13-23-9-7-14(8-10-23)20-22-17-3-1-2-4-19(17)28-20/h1-6,11-12,14H,7-10,13H2. The predicted octanol–water partition coefficient (Wildman–Crippen LogP) is 4.39. The topological polar surface area (TPSA) is 77.1 Å². The Labute approximate surface area is 165 Å². The number of piperidine rings is 1. The van der Waals surface area contributed by atoms with E-state index in [0.717, 1.165) is 42.4 Å². The van der Waals surface area contributed by atoms with Crippen LogP contribution in [0.4, 0.5) is 5.69 Å². The number of aromatic nitrogens is 3. The number of non-ortho nitro benzene ring substituents is 1. The summed E-state index contributed by atoms with van der Waals surface area (Å²) in [5, 5.41) is 17.7. The van der Waals surface area contributed by atoms with Crippen molar-refractivity contribution in [2.75, 3.05) is 13.1 Å². The van der Waals surface area contributed by atoms with Gasteiger partial charge < -0.3 is 0 Å². The molecule has 28 heavy (non-hydrogen) atoms. The highest BCUT2D eigenvalue weighted by molar-refractivity contribution is 7.18. The lowest BCUT2D eigenvalue weighted by Crippen LogP contribution is -2.34. The number of nitrogens with zero attached hydrogens (tertiary/aromatic N) is 5. The molecule has 0 bridgehead atoms. The van der Waals surface area contributed by atoms with Gasteiger partial charge in [-0.25, -0.2) is 4.98 Å². The summed E-state index contributed by atoms with van der Waals surface area (Å²) in [4.78, 5) is 17.9. The zero-order chi connectivity index (χ0) is 19.1. The monoisotopic (exact) mass is 393 g/mol. The average molecular weight is 393 g/mol. The van der Waals surface area contributed by atoms with Crippen LogP contribution < -0.4 is 0 Å². The smallest absolute Gasteiger partial charge is 0.271 e. The van der Waals surface area contributed by atoms with Crippen LogP contribution in [0.2, 0.25) is 0 Å². The molecule has 7 nitrogen and oxygen atoms in total. The third kappa shape index (κ3) is 3.14. The molecule has 142 valence electrons. The number of para-hydroxylation sites is 1. The fourth-order valence-corrected chi connectivity index (χ4v) is 5.00. The van der Waals surface area contributed by atoms with Gasteiger partial charge in [0.25, 0.3) is 5.69 Å². The number of fused-ring (bicyclic) bond motifs is 2. The Morgan fingerprint density at radius 3 is 2.79 bits per heavy atom. The Balaban J connectivity index is 1.29. The summed E-state index contributed by atoms with van der Waals surface area (Å²) >= 11 is 1.81. The quantitative estimate of drug-likeness (QED) is 0.380. The van der Waals surface area contributed by atoms with Gasteiger partial charge in [0.15, 0.2) is 0 Å². The molecule has 2 aromatic heterocycles. The Morgan fingerprint density at radius 1 is 1.18 bits per heavy atom. The van der Waals surface area contributed by atoms with Gasteiger partial charge in [-0.2, -0.15) is 5.10 Å². The maximum absolute atomic E-state index is 11.1. The molecular weight excluding hydrogens is 374 g/mol. The summed E-state index contributed by atoms with van der Waals surface area (Å²) < 4.78 is 3.12. The molecule has 0 spiro atoms. The van der Waals surface area contributed by atoms with E-state index in [1.165, 1.54) is 15.8 Å². The second-order valence-corrected chi connectivity index (χ2v) is 8.26. The number of hydrogen-bond acceptors (Lipinski definition) is 6. The highest BCUT2D eigenvalue weighted by atomic mass is 32.1. The van der Waals surface area contributed by atoms with E-state index in [1.807, 2.05) is 10.7 Å². The summed E-state index contributed by atoms with van der Waals surface area (Å²) in [5.74, 6) is 0.504. The molecule has 1 saturated heterocycles. The fraction of sp³-hybridized carbons (Fsp3) is 0.300. The molecule has 8 heteroatoms. The Bertz CT molecular complexity index is 1130. The summed E-state index contributed by atoms with van der Waals surface area (Å²) in [6.45, 7) is 2.59. The minimum absolute atomic E-state index is 0.101. The lowest BCUT2D eigenvalue weighted by atomic mass is 9.98. The molecule has 2 aromatic carbocycles. The van der Waals surface area contributed by atoms with Crippen LogP contribution in [0.15, 0.2) is 48.7 Å². The Kier molecular flexibility index (Phi) is 4.29. The van der Waals surface area contributed by atoms with Crippen molar-refractivity contribution in [1.82, 2.24) is 19.7 Å². The van der Waals surface area contributed by atoms with Crippen molar-refractivity contribution >= 4 is 38.1 Å². The lowest BCUT2D eigenvalue weighted by molar-refractivity contribution is -0.384. The van der Waals surface area contributed by atoms with Crippen LogP contribution in [-0.4, -0.2) is 37.7 Å². The van der Waals surface area contributed by atoms with Gasteiger partial charge in [0.2, 0.25) is 0 Å². The number of nitro groups is 1. The van der Waals surface area contributed by atoms with Gasteiger partial charge in [0.1, 0.15) is 0 Å². The molecule has 5 rings (SSSR count). The maximum atomic E-state index is 11.1. The predicted molar refractivity (Wildman–Crippen MR) is 110 cm³/mol. The number of benzene rings is 2. The number of rotatable bonds is 4. The minimum atomic E-state index is -0.361. The molecule has 0 amide bonds. The fourth-order valence-electron chi connectivity index (χ4n) is 3.86. The highest BCUT2D eigenvalue weighted by Crippen LogP contribution is 2.34. The van der Waals surface area contributed by atoms with Gasteiger partial charge in [0.05, 0.1) is 38.5 Å². The van der Waals surface area contributed by atoms with Crippen molar-refractivity contribution < 1.29 is 4.92 Å². The van der Waals surface area contributed by atoms with Crippen molar-refractivity contribution in [1.29, 1.82) is 0 Å². The van der Waals surface area contributed by atoms with Gasteiger partial charge in [-0.3, -0.25) is 19.7 Å². The zero-order valence-corrected chi connectivity index (χ0v) is 16.0. The zero-order valence-electron chi connectivity index (χ0n) is 15.2. The second-order valence-electron chi connectivity index (χ2n) is 7.20. The van der Waals surface area contributed by atoms with Crippen LogP contribution in [0.3, 0.4) is 0 Å². The minimum Gasteiger partial charge on any atom is -0.284 e. The van der Waals surface area contributed by atoms with E-state index in [2.05, 4.69) is 28.2 Å². The molecular formula is C20H19N5O2S. The maximum Gasteiger partial charge on any atom is 0.271 e. The van der Waals surface area contributed by atoms with Crippen molar-refractivity contribution in [3.8, 4) is 0 Å². The summed E-state index contributed by atoms with van der Waals surface area (Å²) in [7, 11) is 0. The van der Waals surface area contributed by atoms with Gasteiger partial charge in [-0.15, -0.1) is 11.3 Å². The molecule has 4 aromatic rings.